The number of rotatable bonds is 7. The van der Waals surface area contributed by atoms with Gasteiger partial charge >= 0.3 is 0 Å². The number of aliphatic hydroxyl groups excluding tert-OH is 1. The summed E-state index contributed by atoms with van der Waals surface area (Å²) in [5, 5.41) is 9.91. The number of amides is 1. The van der Waals surface area contributed by atoms with Gasteiger partial charge in [-0.15, -0.1) is 0 Å². The van der Waals surface area contributed by atoms with E-state index in [0.29, 0.717) is 13.1 Å². The molecule has 0 saturated carbocycles. The van der Waals surface area contributed by atoms with Gasteiger partial charge in [-0.3, -0.25) is 9.69 Å². The van der Waals surface area contributed by atoms with Crippen LogP contribution < -0.4 is 9.64 Å². The molecule has 1 unspecified atom stereocenters. The van der Waals surface area contributed by atoms with Crippen LogP contribution in [0.25, 0.3) is 0 Å². The summed E-state index contributed by atoms with van der Waals surface area (Å²) in [5.41, 5.74) is 3.48. The molecule has 2 aromatic rings. The summed E-state index contributed by atoms with van der Waals surface area (Å²) < 4.78 is 6.04. The van der Waals surface area contributed by atoms with Crippen LogP contribution in [0.5, 0.6) is 5.75 Å². The van der Waals surface area contributed by atoms with Crippen LogP contribution in [-0.2, 0) is 11.2 Å². The Labute approximate surface area is 185 Å². The minimum absolute atomic E-state index is 0.00670. The Balaban J connectivity index is 1.46. The zero-order valence-corrected chi connectivity index (χ0v) is 18.5. The average molecular weight is 424 g/mol. The van der Waals surface area contributed by atoms with Crippen molar-refractivity contribution in [2.24, 2.45) is 0 Å². The third kappa shape index (κ3) is 5.02. The molecule has 0 aromatic heterocycles. The first kappa shape index (κ1) is 21.7. The van der Waals surface area contributed by atoms with E-state index < -0.39 is 0 Å². The van der Waals surface area contributed by atoms with Gasteiger partial charge < -0.3 is 19.6 Å². The number of β-amino-alcohol motifs (C(OH)–C–C–N with tert-alkyl or cyclic N) is 1. The second-order valence-corrected chi connectivity index (χ2v) is 8.71. The monoisotopic (exact) mass is 423 g/mol. The zero-order valence-electron chi connectivity index (χ0n) is 18.5. The van der Waals surface area contributed by atoms with E-state index in [1.54, 1.807) is 4.90 Å². The van der Waals surface area contributed by atoms with Gasteiger partial charge in [-0.1, -0.05) is 42.5 Å². The first-order chi connectivity index (χ1) is 15.0. The van der Waals surface area contributed by atoms with Gasteiger partial charge in [0.15, 0.2) is 6.61 Å². The van der Waals surface area contributed by atoms with Crippen LogP contribution in [0, 0.1) is 0 Å². The molecule has 1 saturated heterocycles. The first-order valence-electron chi connectivity index (χ1n) is 11.2. The first-order valence-corrected chi connectivity index (χ1v) is 11.2. The predicted molar refractivity (Wildman–Crippen MR) is 123 cm³/mol. The fraction of sp³-hybridized carbons (Fsp3) is 0.480. The molecular formula is C25H33N3O3. The summed E-state index contributed by atoms with van der Waals surface area (Å²) in [6.45, 7) is 3.22. The predicted octanol–water partition coefficient (Wildman–Crippen LogP) is 2.71. The second kappa shape index (κ2) is 9.71. The van der Waals surface area contributed by atoms with Crippen molar-refractivity contribution in [2.75, 3.05) is 51.8 Å². The summed E-state index contributed by atoms with van der Waals surface area (Å²) in [4.78, 5) is 19.4. The van der Waals surface area contributed by atoms with E-state index in [1.165, 1.54) is 5.56 Å². The maximum atomic E-state index is 13.1. The number of aryl methyl sites for hydroxylation is 1. The Morgan fingerprint density at radius 1 is 1.19 bits per heavy atom. The summed E-state index contributed by atoms with van der Waals surface area (Å²) in [7, 11) is 3.93. The quantitative estimate of drug-likeness (QED) is 0.742. The highest BCUT2D eigenvalue weighted by molar-refractivity contribution is 5.78. The number of likely N-dealkylation sites (N-methyl/N-ethyl adjacent to an activating group) is 1. The molecule has 2 aliphatic rings. The van der Waals surface area contributed by atoms with Crippen molar-refractivity contribution in [1.82, 2.24) is 9.80 Å². The fourth-order valence-electron chi connectivity index (χ4n) is 4.70. The number of benzene rings is 2. The molecule has 166 valence electrons. The van der Waals surface area contributed by atoms with Crippen molar-refractivity contribution in [1.29, 1.82) is 0 Å². The Morgan fingerprint density at radius 2 is 2.00 bits per heavy atom. The molecule has 0 aliphatic carbocycles. The third-order valence-electron chi connectivity index (χ3n) is 6.48. The summed E-state index contributed by atoms with van der Waals surface area (Å²) in [5.74, 6) is 0.727. The van der Waals surface area contributed by atoms with Crippen molar-refractivity contribution in [3.05, 3.63) is 59.7 Å². The van der Waals surface area contributed by atoms with Crippen LogP contribution >= 0.6 is 0 Å². The molecule has 0 bridgehead atoms. The van der Waals surface area contributed by atoms with Gasteiger partial charge in [-0.2, -0.15) is 0 Å². The van der Waals surface area contributed by atoms with Crippen LogP contribution in [0.4, 0.5) is 5.69 Å². The van der Waals surface area contributed by atoms with Crippen molar-refractivity contribution in [2.45, 2.75) is 31.4 Å². The largest absolute Gasteiger partial charge is 0.482 e. The van der Waals surface area contributed by atoms with Crippen LogP contribution in [-0.4, -0.2) is 73.8 Å². The number of carbonyl (C=O) groups excluding carboxylic acids is 1. The third-order valence-corrected chi connectivity index (χ3v) is 6.48. The van der Waals surface area contributed by atoms with Gasteiger partial charge in [-0.05, 0) is 36.5 Å². The molecule has 1 fully saturated rings. The molecule has 2 aliphatic heterocycles. The Hall–Kier alpha value is -2.57. The Bertz CT molecular complexity index is 889. The number of carbonyl (C=O) groups is 1. The number of nitrogens with zero attached hydrogens (tertiary/aromatic N) is 3. The Kier molecular flexibility index (Phi) is 6.78. The number of likely N-dealkylation sites (tertiary alicyclic amines) is 1. The van der Waals surface area contributed by atoms with E-state index in [4.69, 9.17) is 4.74 Å². The van der Waals surface area contributed by atoms with Gasteiger partial charge in [0.05, 0.1) is 17.8 Å². The average Bonchev–Trinajstić information content (AvgIpc) is 3.20. The van der Waals surface area contributed by atoms with E-state index in [2.05, 4.69) is 35.0 Å². The number of anilines is 1. The van der Waals surface area contributed by atoms with Gasteiger partial charge in [0.1, 0.15) is 5.75 Å². The van der Waals surface area contributed by atoms with Crippen molar-refractivity contribution < 1.29 is 14.6 Å². The Morgan fingerprint density at radius 3 is 2.74 bits per heavy atom. The standard InChI is InChI=1S/C25H33N3O3/c1-26-14-7-11-20-10-6-12-23(25(20)26)31-18-24(30)27(2)22(19-8-4-3-5-9-19)17-28-15-13-21(29)16-28/h3-6,8-10,12,21-22,29H,7,11,13-18H2,1-2H3/t21-,22?/m0/s1. The lowest BCUT2D eigenvalue weighted by molar-refractivity contribution is -0.134. The number of para-hydroxylation sites is 1. The summed E-state index contributed by atoms with van der Waals surface area (Å²) in [6.07, 6.45) is 2.69. The van der Waals surface area contributed by atoms with E-state index in [9.17, 15) is 9.90 Å². The smallest absolute Gasteiger partial charge is 0.260 e. The molecule has 6 nitrogen and oxygen atoms in total. The number of aliphatic hydroxyl groups is 1. The molecule has 0 spiro atoms. The van der Waals surface area contributed by atoms with E-state index >= 15 is 0 Å². The summed E-state index contributed by atoms with van der Waals surface area (Å²) in [6, 6.07) is 16.1. The van der Waals surface area contributed by atoms with Crippen molar-refractivity contribution >= 4 is 11.6 Å². The van der Waals surface area contributed by atoms with Crippen LogP contribution in [0.2, 0.25) is 0 Å². The van der Waals surface area contributed by atoms with Gasteiger partial charge in [0.25, 0.3) is 5.91 Å². The van der Waals surface area contributed by atoms with Gasteiger partial charge in [0, 0.05) is 40.3 Å². The lowest BCUT2D eigenvalue weighted by Crippen LogP contribution is -2.41. The van der Waals surface area contributed by atoms with E-state index in [1.807, 2.05) is 37.4 Å². The van der Waals surface area contributed by atoms with Crippen LogP contribution in [0.1, 0.15) is 30.0 Å². The highest BCUT2D eigenvalue weighted by Gasteiger charge is 2.28. The molecule has 0 radical (unpaired) electrons. The van der Waals surface area contributed by atoms with E-state index in [-0.39, 0.29) is 24.7 Å². The molecule has 1 amide bonds. The minimum Gasteiger partial charge on any atom is -0.482 e. The number of hydrogen-bond acceptors (Lipinski definition) is 5. The molecule has 1 N–H and O–H groups in total. The summed E-state index contributed by atoms with van der Waals surface area (Å²) >= 11 is 0. The topological polar surface area (TPSA) is 56.2 Å². The van der Waals surface area contributed by atoms with E-state index in [0.717, 1.165) is 49.4 Å². The minimum atomic E-state index is -0.276. The highest BCUT2D eigenvalue weighted by atomic mass is 16.5. The molecule has 2 atom stereocenters. The lowest BCUT2D eigenvalue weighted by atomic mass is 10.0. The van der Waals surface area contributed by atoms with Crippen molar-refractivity contribution in [3.8, 4) is 5.75 Å². The molecular weight excluding hydrogens is 390 g/mol. The van der Waals surface area contributed by atoms with Gasteiger partial charge in [-0.25, -0.2) is 0 Å². The lowest BCUT2D eigenvalue weighted by Gasteiger charge is -2.32. The SMILES string of the molecule is CN1CCCc2cccc(OCC(=O)N(C)C(CN3CC[C@H](O)C3)c3ccccc3)c21. The zero-order chi connectivity index (χ0) is 21.8. The van der Waals surface area contributed by atoms with Crippen molar-refractivity contribution in [3.63, 3.8) is 0 Å². The number of hydrogen-bond donors (Lipinski definition) is 1. The van der Waals surface area contributed by atoms with Gasteiger partial charge in [0.2, 0.25) is 0 Å². The number of fused-ring (bicyclic) bond motifs is 1. The molecule has 2 heterocycles. The highest BCUT2D eigenvalue weighted by Crippen LogP contribution is 2.35. The molecule has 6 heteroatoms. The maximum Gasteiger partial charge on any atom is 0.260 e. The van der Waals surface area contributed by atoms with Crippen LogP contribution in [0.3, 0.4) is 0 Å². The fourth-order valence-corrected chi connectivity index (χ4v) is 4.70. The molecule has 31 heavy (non-hydrogen) atoms. The molecule has 4 rings (SSSR count). The van der Waals surface area contributed by atoms with Crippen LogP contribution in [0.15, 0.2) is 48.5 Å². The second-order valence-electron chi connectivity index (χ2n) is 8.71. The number of ether oxygens (including phenoxy) is 1. The molecule has 2 aromatic carbocycles. The normalized spacial score (nSPS) is 19.7. The maximum absolute atomic E-state index is 13.1.